The Balaban J connectivity index is 0.00000288. The van der Waals surface area contributed by atoms with Crippen LogP contribution >= 0.6 is 12.4 Å². The maximum Gasteiger partial charge on any atom is 0.257 e. The fraction of sp³-hybridized carbons (Fsp3) is 0.588. The molecule has 1 aromatic carbocycles. The molecule has 136 valence electrons. The third-order valence-corrected chi connectivity index (χ3v) is 3.63. The second-order valence-corrected chi connectivity index (χ2v) is 5.55. The normalized spacial score (nSPS) is 14.5. The third-order valence-electron chi connectivity index (χ3n) is 3.63. The molecule has 0 saturated carbocycles. The fourth-order valence-corrected chi connectivity index (χ4v) is 2.34. The predicted octanol–water partition coefficient (Wildman–Crippen LogP) is 1.30. The number of halogens is 1. The molecule has 1 aromatic rings. The molecule has 1 heterocycles. The lowest BCUT2D eigenvalue weighted by Gasteiger charge is -2.27. The Morgan fingerprint density at radius 2 is 1.79 bits per heavy atom. The van der Waals surface area contributed by atoms with E-state index < -0.39 is 0 Å². The van der Waals surface area contributed by atoms with Crippen LogP contribution in [0.4, 0.5) is 0 Å². The lowest BCUT2D eigenvalue weighted by atomic mass is 10.3. The van der Waals surface area contributed by atoms with Gasteiger partial charge in [-0.05, 0) is 30.7 Å². The first-order valence-corrected chi connectivity index (χ1v) is 8.33. The largest absolute Gasteiger partial charge is 0.494 e. The standard InChI is InChI=1S/C17H27N3O3.ClH/c1-2-13-22-15-3-5-16(6-4-15)23-14-17(21)19-9-12-20-10-7-18-8-11-20;/h3-6,18H,2,7-14H2,1H3,(H,19,21);1H. The Labute approximate surface area is 150 Å². The number of benzene rings is 1. The summed E-state index contributed by atoms with van der Waals surface area (Å²) in [5.74, 6) is 1.40. The van der Waals surface area contributed by atoms with E-state index in [0.29, 0.717) is 18.9 Å². The van der Waals surface area contributed by atoms with Crippen LogP contribution in [0.1, 0.15) is 13.3 Å². The van der Waals surface area contributed by atoms with Crippen LogP contribution in [0, 0.1) is 0 Å². The molecule has 0 spiro atoms. The van der Waals surface area contributed by atoms with E-state index in [1.54, 1.807) is 0 Å². The zero-order chi connectivity index (χ0) is 16.3. The quantitative estimate of drug-likeness (QED) is 0.697. The number of carbonyl (C=O) groups is 1. The lowest BCUT2D eigenvalue weighted by molar-refractivity contribution is -0.123. The molecule has 1 aliphatic rings. The van der Waals surface area contributed by atoms with E-state index in [1.807, 2.05) is 24.3 Å². The molecule has 0 unspecified atom stereocenters. The van der Waals surface area contributed by atoms with Crippen LogP contribution in [0.25, 0.3) is 0 Å². The number of amides is 1. The first kappa shape index (κ1) is 20.5. The molecule has 0 aromatic heterocycles. The second kappa shape index (κ2) is 11.9. The highest BCUT2D eigenvalue weighted by Gasteiger charge is 2.09. The summed E-state index contributed by atoms with van der Waals surface area (Å²) < 4.78 is 11.0. The smallest absolute Gasteiger partial charge is 0.257 e. The summed E-state index contributed by atoms with van der Waals surface area (Å²) in [6.07, 6.45) is 0.979. The molecule has 1 aliphatic heterocycles. The fourth-order valence-electron chi connectivity index (χ4n) is 2.34. The Bertz CT molecular complexity index is 465. The lowest BCUT2D eigenvalue weighted by Crippen LogP contribution is -2.46. The van der Waals surface area contributed by atoms with Gasteiger partial charge >= 0.3 is 0 Å². The van der Waals surface area contributed by atoms with Crippen molar-refractivity contribution >= 4 is 18.3 Å². The van der Waals surface area contributed by atoms with Gasteiger partial charge in [0.25, 0.3) is 5.91 Å². The number of ether oxygens (including phenoxy) is 2. The number of hydrogen-bond donors (Lipinski definition) is 2. The van der Waals surface area contributed by atoms with Crippen LogP contribution in [0.2, 0.25) is 0 Å². The molecule has 7 heteroatoms. The molecule has 24 heavy (non-hydrogen) atoms. The summed E-state index contributed by atoms with van der Waals surface area (Å²) in [6, 6.07) is 7.35. The van der Waals surface area contributed by atoms with Crippen LogP contribution in [0.5, 0.6) is 11.5 Å². The molecule has 0 radical (unpaired) electrons. The monoisotopic (exact) mass is 357 g/mol. The molecule has 0 bridgehead atoms. The van der Waals surface area contributed by atoms with Gasteiger partial charge in [-0.1, -0.05) is 6.92 Å². The van der Waals surface area contributed by atoms with Gasteiger partial charge in [-0.2, -0.15) is 0 Å². The van der Waals surface area contributed by atoms with Crippen molar-refractivity contribution in [1.29, 1.82) is 0 Å². The van der Waals surface area contributed by atoms with Crippen molar-refractivity contribution in [2.45, 2.75) is 13.3 Å². The molecule has 6 nitrogen and oxygen atoms in total. The summed E-state index contributed by atoms with van der Waals surface area (Å²) in [5, 5.41) is 6.20. The molecule has 2 rings (SSSR count). The highest BCUT2D eigenvalue weighted by atomic mass is 35.5. The molecular weight excluding hydrogens is 330 g/mol. The van der Waals surface area contributed by atoms with Crippen LogP contribution < -0.4 is 20.1 Å². The molecule has 1 fully saturated rings. The number of hydrogen-bond acceptors (Lipinski definition) is 5. The van der Waals surface area contributed by atoms with Crippen LogP contribution in [-0.2, 0) is 4.79 Å². The second-order valence-electron chi connectivity index (χ2n) is 5.55. The summed E-state index contributed by atoms with van der Waals surface area (Å²) in [7, 11) is 0. The van der Waals surface area contributed by atoms with Crippen molar-refractivity contribution < 1.29 is 14.3 Å². The van der Waals surface area contributed by atoms with Crippen LogP contribution in [-0.4, -0.2) is 63.3 Å². The molecule has 1 amide bonds. The minimum atomic E-state index is -0.0913. The van der Waals surface area contributed by atoms with Gasteiger partial charge in [0, 0.05) is 39.3 Å². The first-order valence-electron chi connectivity index (χ1n) is 8.33. The molecule has 2 N–H and O–H groups in total. The molecule has 1 saturated heterocycles. The van der Waals surface area contributed by atoms with Gasteiger partial charge in [-0.15, -0.1) is 12.4 Å². The summed E-state index contributed by atoms with van der Waals surface area (Å²) >= 11 is 0. The first-order chi connectivity index (χ1) is 11.3. The van der Waals surface area contributed by atoms with E-state index in [4.69, 9.17) is 9.47 Å². The highest BCUT2D eigenvalue weighted by Crippen LogP contribution is 2.17. The Hall–Kier alpha value is -1.50. The predicted molar refractivity (Wildman–Crippen MR) is 97.3 cm³/mol. The Morgan fingerprint density at radius 1 is 1.17 bits per heavy atom. The molecule has 0 aliphatic carbocycles. The summed E-state index contributed by atoms with van der Waals surface area (Å²) in [5.41, 5.74) is 0. The summed E-state index contributed by atoms with van der Waals surface area (Å²) in [4.78, 5) is 14.1. The number of rotatable bonds is 9. The zero-order valence-electron chi connectivity index (χ0n) is 14.3. The van der Waals surface area contributed by atoms with Gasteiger partial charge in [-0.25, -0.2) is 0 Å². The van der Waals surface area contributed by atoms with Gasteiger partial charge in [0.1, 0.15) is 11.5 Å². The van der Waals surface area contributed by atoms with E-state index in [0.717, 1.165) is 44.9 Å². The average Bonchev–Trinajstić information content (AvgIpc) is 2.60. The Morgan fingerprint density at radius 3 is 2.42 bits per heavy atom. The van der Waals surface area contributed by atoms with Gasteiger partial charge in [0.15, 0.2) is 6.61 Å². The van der Waals surface area contributed by atoms with Gasteiger partial charge in [0.2, 0.25) is 0 Å². The Kier molecular flexibility index (Phi) is 10.2. The number of piperazine rings is 1. The van der Waals surface area contributed by atoms with E-state index in [2.05, 4.69) is 22.5 Å². The van der Waals surface area contributed by atoms with E-state index >= 15 is 0 Å². The maximum atomic E-state index is 11.8. The third kappa shape index (κ3) is 7.86. The average molecular weight is 358 g/mol. The highest BCUT2D eigenvalue weighted by molar-refractivity contribution is 5.85. The number of nitrogens with one attached hydrogen (secondary N) is 2. The van der Waals surface area contributed by atoms with Crippen molar-refractivity contribution in [2.75, 3.05) is 52.5 Å². The van der Waals surface area contributed by atoms with Crippen LogP contribution in [0.15, 0.2) is 24.3 Å². The summed E-state index contributed by atoms with van der Waals surface area (Å²) in [6.45, 7) is 8.48. The number of nitrogens with zero attached hydrogens (tertiary/aromatic N) is 1. The van der Waals surface area contributed by atoms with Crippen LogP contribution in [0.3, 0.4) is 0 Å². The van der Waals surface area contributed by atoms with Gasteiger partial charge in [0.05, 0.1) is 6.61 Å². The van der Waals surface area contributed by atoms with Crippen molar-refractivity contribution in [3.05, 3.63) is 24.3 Å². The number of carbonyl (C=O) groups excluding carboxylic acids is 1. The van der Waals surface area contributed by atoms with Crippen molar-refractivity contribution in [1.82, 2.24) is 15.5 Å². The van der Waals surface area contributed by atoms with Gasteiger partial charge in [-0.3, -0.25) is 9.69 Å². The maximum absolute atomic E-state index is 11.8. The van der Waals surface area contributed by atoms with Crippen molar-refractivity contribution in [3.63, 3.8) is 0 Å². The van der Waals surface area contributed by atoms with E-state index in [-0.39, 0.29) is 24.9 Å². The molecular formula is C17H28ClN3O3. The van der Waals surface area contributed by atoms with Crippen molar-refractivity contribution in [3.8, 4) is 11.5 Å². The van der Waals surface area contributed by atoms with E-state index in [1.165, 1.54) is 0 Å². The van der Waals surface area contributed by atoms with Gasteiger partial charge < -0.3 is 20.1 Å². The van der Waals surface area contributed by atoms with E-state index in [9.17, 15) is 4.79 Å². The minimum Gasteiger partial charge on any atom is -0.494 e. The SMILES string of the molecule is CCCOc1ccc(OCC(=O)NCCN2CCNCC2)cc1.Cl. The molecule has 0 atom stereocenters. The zero-order valence-corrected chi connectivity index (χ0v) is 15.1. The van der Waals surface area contributed by atoms with Crippen molar-refractivity contribution in [2.24, 2.45) is 0 Å². The topological polar surface area (TPSA) is 62.8 Å². The minimum absolute atomic E-state index is 0.